The summed E-state index contributed by atoms with van der Waals surface area (Å²) in [4.78, 5) is 13.7. The number of nitrogen functional groups attached to an aromatic ring is 1. The van der Waals surface area contributed by atoms with Gasteiger partial charge in [0.05, 0.1) is 0 Å². The van der Waals surface area contributed by atoms with E-state index in [0.29, 0.717) is 0 Å². The van der Waals surface area contributed by atoms with Gasteiger partial charge in [0.15, 0.2) is 0 Å². The third-order valence-electron chi connectivity index (χ3n) is 3.98. The zero-order chi connectivity index (χ0) is 15.5. The number of halogens is 1. The van der Waals surface area contributed by atoms with Gasteiger partial charge in [0.2, 0.25) is 5.91 Å². The van der Waals surface area contributed by atoms with Crippen molar-refractivity contribution in [2.24, 2.45) is 0 Å². The van der Waals surface area contributed by atoms with E-state index in [0.717, 1.165) is 37.3 Å². The van der Waals surface area contributed by atoms with Crippen LogP contribution >= 0.6 is 12.4 Å². The minimum atomic E-state index is -0.0265. The zero-order valence-corrected chi connectivity index (χ0v) is 14.0. The van der Waals surface area contributed by atoms with Gasteiger partial charge in [-0.2, -0.15) is 0 Å². The number of benzene rings is 2. The molecule has 0 atom stereocenters. The van der Waals surface area contributed by atoms with Gasteiger partial charge in [0.25, 0.3) is 0 Å². The summed E-state index contributed by atoms with van der Waals surface area (Å²) in [7, 11) is 0. The van der Waals surface area contributed by atoms with E-state index in [2.05, 4.69) is 22.3 Å². The van der Waals surface area contributed by atoms with Crippen molar-refractivity contribution in [3.63, 3.8) is 0 Å². The molecule has 1 aliphatic heterocycles. The molecular formula is C18H22ClN3O. The fourth-order valence-corrected chi connectivity index (χ4v) is 3.08. The van der Waals surface area contributed by atoms with Crippen LogP contribution in [0.3, 0.4) is 0 Å². The zero-order valence-electron chi connectivity index (χ0n) is 13.2. The van der Waals surface area contributed by atoms with Crippen LogP contribution in [0.5, 0.6) is 0 Å². The lowest BCUT2D eigenvalue weighted by atomic mass is 9.99. The van der Waals surface area contributed by atoms with Gasteiger partial charge in [-0.05, 0) is 48.2 Å². The van der Waals surface area contributed by atoms with Gasteiger partial charge < -0.3 is 16.0 Å². The molecule has 0 bridgehead atoms. The van der Waals surface area contributed by atoms with Crippen LogP contribution in [0.15, 0.2) is 42.5 Å². The molecule has 4 nitrogen and oxygen atoms in total. The quantitative estimate of drug-likeness (QED) is 0.845. The lowest BCUT2D eigenvalue weighted by Crippen LogP contribution is -2.29. The van der Waals surface area contributed by atoms with Crippen molar-refractivity contribution in [3.8, 4) is 0 Å². The van der Waals surface area contributed by atoms with Gasteiger partial charge in [-0.3, -0.25) is 4.79 Å². The van der Waals surface area contributed by atoms with Gasteiger partial charge in [-0.15, -0.1) is 12.4 Å². The Bertz CT molecular complexity index is 702. The molecule has 0 saturated carbocycles. The van der Waals surface area contributed by atoms with Crippen molar-refractivity contribution in [2.45, 2.75) is 26.3 Å². The summed E-state index contributed by atoms with van der Waals surface area (Å²) in [6.07, 6.45) is 2.09. The number of hydrogen-bond acceptors (Lipinski definition) is 3. The van der Waals surface area contributed by atoms with Crippen molar-refractivity contribution in [2.75, 3.05) is 22.5 Å². The van der Waals surface area contributed by atoms with Crippen LogP contribution in [0.25, 0.3) is 0 Å². The number of nitrogens with zero attached hydrogens (tertiary/aromatic N) is 1. The first-order chi connectivity index (χ1) is 10.6. The third kappa shape index (κ3) is 3.96. The number of amides is 1. The maximum Gasteiger partial charge on any atom is 0.221 e. The van der Waals surface area contributed by atoms with Crippen molar-refractivity contribution in [1.82, 2.24) is 0 Å². The Morgan fingerprint density at radius 1 is 1.26 bits per heavy atom. The summed E-state index contributed by atoms with van der Waals surface area (Å²) in [6.45, 7) is 3.40. The summed E-state index contributed by atoms with van der Waals surface area (Å²) in [6, 6.07) is 14.1. The van der Waals surface area contributed by atoms with E-state index in [4.69, 9.17) is 5.73 Å². The molecule has 1 aliphatic rings. The average Bonchev–Trinajstić information content (AvgIpc) is 2.48. The molecule has 3 rings (SSSR count). The minimum Gasteiger partial charge on any atom is -0.399 e. The van der Waals surface area contributed by atoms with E-state index >= 15 is 0 Å². The van der Waals surface area contributed by atoms with E-state index in [1.54, 1.807) is 6.92 Å². The molecule has 0 saturated heterocycles. The molecule has 5 heteroatoms. The first-order valence-electron chi connectivity index (χ1n) is 7.62. The Morgan fingerprint density at radius 3 is 2.78 bits per heavy atom. The Balaban J connectivity index is 0.00000192. The molecule has 0 radical (unpaired) electrons. The van der Waals surface area contributed by atoms with Crippen molar-refractivity contribution >= 4 is 35.4 Å². The average molecular weight is 332 g/mol. The predicted molar refractivity (Wildman–Crippen MR) is 98.2 cm³/mol. The molecule has 0 fully saturated rings. The third-order valence-corrected chi connectivity index (χ3v) is 3.98. The maximum atomic E-state index is 11.4. The Hall–Kier alpha value is -2.20. The second-order valence-corrected chi connectivity index (χ2v) is 5.75. The Morgan fingerprint density at radius 2 is 2.04 bits per heavy atom. The highest BCUT2D eigenvalue weighted by Gasteiger charge is 2.19. The molecule has 0 spiro atoms. The molecule has 0 aromatic heterocycles. The van der Waals surface area contributed by atoms with Gasteiger partial charge >= 0.3 is 0 Å². The van der Waals surface area contributed by atoms with Gasteiger partial charge in [0, 0.05) is 37.1 Å². The highest BCUT2D eigenvalue weighted by atomic mass is 35.5. The molecule has 0 aliphatic carbocycles. The number of anilines is 3. The standard InChI is InChI=1S/C18H21N3O.ClH/c1-13(22)20-17-8-3-9-18-16(17)7-4-10-21(18)12-14-5-2-6-15(19)11-14;/h2-3,5-6,8-9,11H,4,7,10,12,19H2,1H3,(H,20,22);1H. The second kappa shape index (κ2) is 7.38. The van der Waals surface area contributed by atoms with Crippen LogP contribution in [0.4, 0.5) is 17.1 Å². The van der Waals surface area contributed by atoms with Gasteiger partial charge in [-0.1, -0.05) is 18.2 Å². The number of fused-ring (bicyclic) bond motifs is 1. The SMILES string of the molecule is CC(=O)Nc1cccc2c1CCCN2Cc1cccc(N)c1.Cl. The van der Waals surface area contributed by atoms with E-state index in [9.17, 15) is 4.79 Å². The number of rotatable bonds is 3. The van der Waals surface area contributed by atoms with E-state index < -0.39 is 0 Å². The van der Waals surface area contributed by atoms with Gasteiger partial charge in [-0.25, -0.2) is 0 Å². The van der Waals surface area contributed by atoms with E-state index in [-0.39, 0.29) is 18.3 Å². The number of hydrogen-bond donors (Lipinski definition) is 2. The second-order valence-electron chi connectivity index (χ2n) is 5.75. The van der Waals surface area contributed by atoms with E-state index in [1.807, 2.05) is 30.3 Å². The minimum absolute atomic E-state index is 0. The first-order valence-corrected chi connectivity index (χ1v) is 7.62. The largest absolute Gasteiger partial charge is 0.399 e. The summed E-state index contributed by atoms with van der Waals surface area (Å²) >= 11 is 0. The lowest BCUT2D eigenvalue weighted by Gasteiger charge is -2.32. The summed E-state index contributed by atoms with van der Waals surface area (Å²) in [5.41, 5.74) is 11.2. The smallest absolute Gasteiger partial charge is 0.221 e. The van der Waals surface area contributed by atoms with Gasteiger partial charge in [0.1, 0.15) is 0 Å². The molecular weight excluding hydrogens is 310 g/mol. The van der Waals surface area contributed by atoms with E-state index in [1.165, 1.54) is 16.8 Å². The van der Waals surface area contributed by atoms with Crippen LogP contribution in [-0.4, -0.2) is 12.5 Å². The highest BCUT2D eigenvalue weighted by Crippen LogP contribution is 2.33. The number of nitrogens with two attached hydrogens (primary N) is 1. The molecule has 23 heavy (non-hydrogen) atoms. The number of carbonyl (C=O) groups excluding carboxylic acids is 1. The van der Waals surface area contributed by atoms with Crippen LogP contribution in [0, 0.1) is 0 Å². The van der Waals surface area contributed by atoms with Crippen molar-refractivity contribution < 1.29 is 4.79 Å². The Labute approximate surface area is 143 Å². The Kier molecular flexibility index (Phi) is 5.50. The highest BCUT2D eigenvalue weighted by molar-refractivity contribution is 5.91. The molecule has 3 N–H and O–H groups in total. The summed E-state index contributed by atoms with van der Waals surface area (Å²) in [5.74, 6) is -0.0265. The van der Waals surface area contributed by atoms with Crippen molar-refractivity contribution in [3.05, 3.63) is 53.6 Å². The van der Waals surface area contributed by atoms with Crippen molar-refractivity contribution in [1.29, 1.82) is 0 Å². The van der Waals surface area contributed by atoms with Crippen LogP contribution < -0.4 is 16.0 Å². The summed E-state index contributed by atoms with van der Waals surface area (Å²) in [5, 5.41) is 2.94. The fourth-order valence-electron chi connectivity index (χ4n) is 3.08. The summed E-state index contributed by atoms with van der Waals surface area (Å²) < 4.78 is 0. The topological polar surface area (TPSA) is 58.4 Å². The molecule has 2 aromatic carbocycles. The normalized spacial score (nSPS) is 13.0. The molecule has 122 valence electrons. The lowest BCUT2D eigenvalue weighted by molar-refractivity contribution is -0.114. The van der Waals surface area contributed by atoms with Crippen LogP contribution in [0.1, 0.15) is 24.5 Å². The molecule has 1 amide bonds. The van der Waals surface area contributed by atoms with Crippen LogP contribution in [0.2, 0.25) is 0 Å². The fraction of sp³-hybridized carbons (Fsp3) is 0.278. The maximum absolute atomic E-state index is 11.4. The predicted octanol–water partition coefficient (Wildman–Crippen LogP) is 3.60. The van der Waals surface area contributed by atoms with Crippen LogP contribution in [-0.2, 0) is 17.8 Å². The number of nitrogens with one attached hydrogen (secondary N) is 1. The molecule has 0 unspecified atom stereocenters. The monoisotopic (exact) mass is 331 g/mol. The number of carbonyl (C=O) groups is 1. The first kappa shape index (κ1) is 17.2. The molecule has 2 aromatic rings. The molecule has 1 heterocycles.